The van der Waals surface area contributed by atoms with Crippen molar-refractivity contribution in [3.8, 4) is 29.1 Å². The van der Waals surface area contributed by atoms with Crippen LogP contribution in [0.1, 0.15) is 11.1 Å². The monoisotopic (exact) mass is 370 g/mol. The molecule has 0 N–H and O–H groups in total. The van der Waals surface area contributed by atoms with Crippen LogP contribution in [0.3, 0.4) is 0 Å². The number of nitrogens with zero attached hydrogens (tertiary/aromatic N) is 2. The van der Waals surface area contributed by atoms with E-state index in [-0.39, 0.29) is 17.0 Å². The molecule has 0 bridgehead atoms. The van der Waals surface area contributed by atoms with Gasteiger partial charge in [0.1, 0.15) is 5.75 Å². The Bertz CT molecular complexity index is 931. The lowest BCUT2D eigenvalue weighted by atomic mass is 10.0. The van der Waals surface area contributed by atoms with Gasteiger partial charge in [0, 0.05) is 17.7 Å². The zero-order valence-electron chi connectivity index (χ0n) is 15.3. The second kappa shape index (κ2) is 8.58. The van der Waals surface area contributed by atoms with Gasteiger partial charge in [0.25, 0.3) is 0 Å². The zero-order chi connectivity index (χ0) is 20.0. The van der Waals surface area contributed by atoms with Gasteiger partial charge in [-0.15, -0.1) is 0 Å². The molecule has 0 saturated carbocycles. The van der Waals surface area contributed by atoms with Crippen molar-refractivity contribution in [3.63, 3.8) is 0 Å². The van der Waals surface area contributed by atoms with E-state index in [0.29, 0.717) is 28.4 Å². The molecule has 0 aliphatic heterocycles. The SMILES string of the molecule is COc1cc(OC)c(OC)cc1/C=C(\C#N)c1ccc([N+](=O)[O-])c(OC)c1. The molecular formula is C19H18N2O6. The number of allylic oxidation sites excluding steroid dienone is 1. The third-order valence-electron chi connectivity index (χ3n) is 3.84. The van der Waals surface area contributed by atoms with Crippen molar-refractivity contribution in [1.29, 1.82) is 5.26 Å². The van der Waals surface area contributed by atoms with Crippen LogP contribution in [-0.4, -0.2) is 33.4 Å². The summed E-state index contributed by atoms with van der Waals surface area (Å²) >= 11 is 0. The fourth-order valence-corrected chi connectivity index (χ4v) is 2.50. The van der Waals surface area contributed by atoms with Crippen molar-refractivity contribution in [2.75, 3.05) is 28.4 Å². The van der Waals surface area contributed by atoms with Crippen LogP contribution in [0.15, 0.2) is 30.3 Å². The Balaban J connectivity index is 2.60. The molecule has 0 amide bonds. The Kier molecular flexibility index (Phi) is 6.23. The summed E-state index contributed by atoms with van der Waals surface area (Å²) in [5.74, 6) is 1.51. The molecule has 0 fully saturated rings. The van der Waals surface area contributed by atoms with E-state index in [9.17, 15) is 15.4 Å². The Morgan fingerprint density at radius 1 is 0.963 bits per heavy atom. The smallest absolute Gasteiger partial charge is 0.310 e. The fraction of sp³-hybridized carbons (Fsp3) is 0.211. The van der Waals surface area contributed by atoms with Crippen LogP contribution in [0.2, 0.25) is 0 Å². The van der Waals surface area contributed by atoms with Gasteiger partial charge in [-0.1, -0.05) is 0 Å². The molecule has 8 heteroatoms. The minimum atomic E-state index is -0.546. The summed E-state index contributed by atoms with van der Waals surface area (Å²) in [5.41, 5.74) is 1.15. The summed E-state index contributed by atoms with van der Waals surface area (Å²) in [6.45, 7) is 0. The van der Waals surface area contributed by atoms with Gasteiger partial charge in [0.15, 0.2) is 17.2 Å². The molecule has 140 valence electrons. The highest BCUT2D eigenvalue weighted by Crippen LogP contribution is 2.37. The van der Waals surface area contributed by atoms with Gasteiger partial charge in [0.2, 0.25) is 0 Å². The molecule has 0 aliphatic carbocycles. The first-order chi connectivity index (χ1) is 13.0. The van der Waals surface area contributed by atoms with Crippen molar-refractivity contribution < 1.29 is 23.9 Å². The highest BCUT2D eigenvalue weighted by atomic mass is 16.6. The second-order valence-electron chi connectivity index (χ2n) is 5.26. The maximum absolute atomic E-state index is 11.0. The van der Waals surface area contributed by atoms with E-state index in [1.165, 1.54) is 46.6 Å². The maximum atomic E-state index is 11.0. The topological polar surface area (TPSA) is 104 Å². The first-order valence-electron chi connectivity index (χ1n) is 7.73. The molecule has 0 aliphatic rings. The molecule has 8 nitrogen and oxygen atoms in total. The summed E-state index contributed by atoms with van der Waals surface area (Å²) in [4.78, 5) is 10.5. The van der Waals surface area contributed by atoms with E-state index in [1.54, 1.807) is 18.2 Å². The Morgan fingerprint density at radius 2 is 1.56 bits per heavy atom. The minimum Gasteiger partial charge on any atom is -0.496 e. The number of rotatable bonds is 7. The molecule has 0 radical (unpaired) electrons. The lowest BCUT2D eigenvalue weighted by Crippen LogP contribution is -1.96. The van der Waals surface area contributed by atoms with E-state index < -0.39 is 4.92 Å². The Labute approximate surface area is 156 Å². The molecule has 0 aromatic heterocycles. The van der Waals surface area contributed by atoms with Gasteiger partial charge in [-0.3, -0.25) is 10.1 Å². The summed E-state index contributed by atoms with van der Waals surface area (Å²) in [6.07, 6.45) is 1.60. The zero-order valence-corrected chi connectivity index (χ0v) is 15.3. The summed E-state index contributed by atoms with van der Waals surface area (Å²) in [5, 5.41) is 20.6. The van der Waals surface area contributed by atoms with Crippen molar-refractivity contribution in [1.82, 2.24) is 0 Å². The molecule has 0 atom stereocenters. The van der Waals surface area contributed by atoms with Crippen molar-refractivity contribution in [2.45, 2.75) is 0 Å². The van der Waals surface area contributed by atoms with Crippen LogP contribution in [-0.2, 0) is 0 Å². The highest BCUT2D eigenvalue weighted by molar-refractivity contribution is 5.91. The van der Waals surface area contributed by atoms with E-state index in [0.717, 1.165) is 0 Å². The third kappa shape index (κ3) is 4.10. The number of nitriles is 1. The lowest BCUT2D eigenvalue weighted by molar-refractivity contribution is -0.385. The van der Waals surface area contributed by atoms with Gasteiger partial charge < -0.3 is 18.9 Å². The number of nitro groups is 1. The van der Waals surface area contributed by atoms with Gasteiger partial charge in [-0.05, 0) is 29.8 Å². The van der Waals surface area contributed by atoms with Crippen molar-refractivity contribution >= 4 is 17.3 Å². The van der Waals surface area contributed by atoms with Gasteiger partial charge in [-0.25, -0.2) is 0 Å². The van der Waals surface area contributed by atoms with Gasteiger partial charge in [-0.2, -0.15) is 5.26 Å². The number of hydrogen-bond acceptors (Lipinski definition) is 7. The predicted molar refractivity (Wildman–Crippen MR) is 99.2 cm³/mol. The third-order valence-corrected chi connectivity index (χ3v) is 3.84. The van der Waals surface area contributed by atoms with Crippen LogP contribution < -0.4 is 18.9 Å². The van der Waals surface area contributed by atoms with Crippen LogP contribution in [0.4, 0.5) is 5.69 Å². The van der Waals surface area contributed by atoms with Crippen molar-refractivity contribution in [2.24, 2.45) is 0 Å². The summed E-state index contributed by atoms with van der Waals surface area (Å²) in [6, 6.07) is 9.65. The molecule has 27 heavy (non-hydrogen) atoms. The second-order valence-corrected chi connectivity index (χ2v) is 5.26. The number of methoxy groups -OCH3 is 4. The molecule has 2 rings (SSSR count). The molecule has 0 unspecified atom stereocenters. The predicted octanol–water partition coefficient (Wildman–Crippen LogP) is 3.69. The molecule has 2 aromatic carbocycles. The highest BCUT2D eigenvalue weighted by Gasteiger charge is 2.17. The number of hydrogen-bond donors (Lipinski definition) is 0. The Hall–Kier alpha value is -3.73. The number of benzene rings is 2. The molecule has 2 aromatic rings. The number of nitro benzene ring substituents is 1. The van der Waals surface area contributed by atoms with Crippen LogP contribution >= 0.6 is 0 Å². The van der Waals surface area contributed by atoms with E-state index in [4.69, 9.17) is 18.9 Å². The van der Waals surface area contributed by atoms with Crippen LogP contribution in [0, 0.1) is 21.4 Å². The minimum absolute atomic E-state index is 0.0675. The van der Waals surface area contributed by atoms with E-state index >= 15 is 0 Å². The van der Waals surface area contributed by atoms with Gasteiger partial charge >= 0.3 is 5.69 Å². The standard InChI is InChI=1S/C19H18N2O6/c1-24-16-10-19(27-4)18(26-3)9-13(16)7-14(11-20)12-5-6-15(21(22)23)17(8-12)25-2/h5-10H,1-4H3/b14-7+. The van der Waals surface area contributed by atoms with Crippen LogP contribution in [0.25, 0.3) is 11.6 Å². The molecule has 0 saturated heterocycles. The largest absolute Gasteiger partial charge is 0.496 e. The molecule has 0 spiro atoms. The van der Waals surface area contributed by atoms with Crippen molar-refractivity contribution in [3.05, 3.63) is 51.6 Å². The molecular weight excluding hydrogens is 352 g/mol. The Morgan fingerprint density at radius 3 is 2.07 bits per heavy atom. The maximum Gasteiger partial charge on any atom is 0.310 e. The first-order valence-corrected chi connectivity index (χ1v) is 7.73. The average molecular weight is 370 g/mol. The summed E-state index contributed by atoms with van der Waals surface area (Å²) in [7, 11) is 5.85. The average Bonchev–Trinajstić information content (AvgIpc) is 2.70. The summed E-state index contributed by atoms with van der Waals surface area (Å²) < 4.78 is 21.0. The molecule has 0 heterocycles. The number of ether oxygens (including phenoxy) is 4. The first kappa shape index (κ1) is 19.6. The normalized spacial score (nSPS) is 10.7. The van der Waals surface area contributed by atoms with E-state index in [1.807, 2.05) is 0 Å². The lowest BCUT2D eigenvalue weighted by Gasteiger charge is -2.12. The van der Waals surface area contributed by atoms with Gasteiger partial charge in [0.05, 0.1) is 45.0 Å². The van der Waals surface area contributed by atoms with E-state index in [2.05, 4.69) is 6.07 Å². The quantitative estimate of drug-likeness (QED) is 0.317. The van der Waals surface area contributed by atoms with Crippen LogP contribution in [0.5, 0.6) is 23.0 Å². The fourth-order valence-electron chi connectivity index (χ4n) is 2.50.